The van der Waals surface area contributed by atoms with Crippen LogP contribution >= 0.6 is 7.82 Å². The molecule has 69 heavy (non-hydrogen) atoms. The van der Waals surface area contributed by atoms with Crippen LogP contribution in [0.3, 0.4) is 0 Å². The molecule has 0 rings (SSSR count). The standard InChI is InChI=1S/C60H103N2O6P/c1-6-8-10-12-14-16-18-20-21-22-23-24-25-26-27-28-29-30-31-32-33-34-35-36-37-38-39-40-41-42-44-46-48-50-52-54-60(64)61-58(57-68-69(65,66)67-56-55-62(3,4)5)59(63)53-51-49-47-45-43-19-17-15-13-11-9-7-2/h8,10,14,16,20-21,23-24,26-27,29-30,32-33,35-36,38-39,51,53,58-59,63H,6-7,9,11-13,15,17-19,22,25,28,31,34,37,40-50,52,54-57H2,1-5H3,(H-,61,64,65,66)/p+1/b10-8-,16-14-,21-20-,24-23-,27-26-,30-29-,33-32-,36-35-,39-38-,53-51+. The Labute approximate surface area is 424 Å². The lowest BCUT2D eigenvalue weighted by molar-refractivity contribution is -0.870. The minimum atomic E-state index is -4.35. The number of hydrogen-bond acceptors (Lipinski definition) is 5. The van der Waals surface area contributed by atoms with Crippen molar-refractivity contribution in [2.45, 2.75) is 212 Å². The molecule has 0 fully saturated rings. The maximum Gasteiger partial charge on any atom is 0.472 e. The number of nitrogens with one attached hydrogen (secondary N) is 1. The number of allylic oxidation sites excluding steroid dienone is 19. The van der Waals surface area contributed by atoms with Gasteiger partial charge in [0.15, 0.2) is 0 Å². The van der Waals surface area contributed by atoms with Crippen LogP contribution in [0.25, 0.3) is 0 Å². The molecule has 0 saturated heterocycles. The molecule has 0 radical (unpaired) electrons. The summed E-state index contributed by atoms with van der Waals surface area (Å²) < 4.78 is 23.6. The van der Waals surface area contributed by atoms with Crippen molar-refractivity contribution in [2.24, 2.45) is 0 Å². The largest absolute Gasteiger partial charge is 0.472 e. The van der Waals surface area contributed by atoms with Crippen molar-refractivity contribution in [3.63, 3.8) is 0 Å². The van der Waals surface area contributed by atoms with Gasteiger partial charge in [-0.15, -0.1) is 0 Å². The second kappa shape index (κ2) is 49.9. The van der Waals surface area contributed by atoms with E-state index >= 15 is 0 Å². The number of likely N-dealkylation sites (N-methyl/N-ethyl adjacent to an activating group) is 1. The lowest BCUT2D eigenvalue weighted by Gasteiger charge is -2.25. The molecule has 0 aliphatic carbocycles. The fraction of sp³-hybridized carbons (Fsp3) is 0.650. The zero-order valence-electron chi connectivity index (χ0n) is 44.8. The number of aliphatic hydroxyl groups is 1. The van der Waals surface area contributed by atoms with E-state index in [4.69, 9.17) is 9.05 Å². The SMILES string of the molecule is CC/C=C\C/C=C\C/C=C\C/C=C\C/C=C\C/C=C\C/C=C\C/C=C\C/C=C\CCCCCCCCCC(=O)NC(COP(=O)(O)OCC[N+](C)(C)C)C(O)/C=C/CCCCCCCCCCCC. The Morgan fingerprint density at radius 3 is 1.28 bits per heavy atom. The number of carbonyl (C=O) groups excluding carboxylic acids is 1. The average molecular weight is 980 g/mol. The van der Waals surface area contributed by atoms with Crippen LogP contribution in [0.4, 0.5) is 0 Å². The Hall–Kier alpha value is -3.10. The van der Waals surface area contributed by atoms with Crippen molar-refractivity contribution in [3.8, 4) is 0 Å². The Morgan fingerprint density at radius 2 is 0.870 bits per heavy atom. The Morgan fingerprint density at radius 1 is 0.507 bits per heavy atom. The van der Waals surface area contributed by atoms with Crippen LogP contribution in [0.1, 0.15) is 200 Å². The van der Waals surface area contributed by atoms with Crippen LogP contribution in [0, 0.1) is 0 Å². The molecular weight excluding hydrogens is 876 g/mol. The van der Waals surface area contributed by atoms with Gasteiger partial charge in [0.05, 0.1) is 39.9 Å². The highest BCUT2D eigenvalue weighted by Gasteiger charge is 2.27. The number of unbranched alkanes of at least 4 members (excludes halogenated alkanes) is 17. The highest BCUT2D eigenvalue weighted by Crippen LogP contribution is 2.43. The molecule has 0 bridgehead atoms. The van der Waals surface area contributed by atoms with E-state index in [9.17, 15) is 19.4 Å². The fourth-order valence-corrected chi connectivity index (χ4v) is 7.89. The van der Waals surface area contributed by atoms with Crippen LogP contribution in [-0.4, -0.2) is 73.4 Å². The Kier molecular flexibility index (Phi) is 47.6. The quantitative estimate of drug-likeness (QED) is 0.0243. The predicted molar refractivity (Wildman–Crippen MR) is 299 cm³/mol. The van der Waals surface area contributed by atoms with Crippen LogP contribution < -0.4 is 5.32 Å². The van der Waals surface area contributed by atoms with Crippen molar-refractivity contribution in [1.82, 2.24) is 5.32 Å². The maximum absolute atomic E-state index is 12.9. The van der Waals surface area contributed by atoms with Crippen molar-refractivity contribution in [2.75, 3.05) is 40.9 Å². The molecule has 394 valence electrons. The second-order valence-electron chi connectivity index (χ2n) is 19.2. The third-order valence-corrected chi connectivity index (χ3v) is 12.4. The highest BCUT2D eigenvalue weighted by molar-refractivity contribution is 7.47. The summed E-state index contributed by atoms with van der Waals surface area (Å²) in [5, 5.41) is 13.8. The minimum Gasteiger partial charge on any atom is -0.387 e. The monoisotopic (exact) mass is 980 g/mol. The summed E-state index contributed by atoms with van der Waals surface area (Å²) in [6.07, 6.45) is 74.3. The summed E-state index contributed by atoms with van der Waals surface area (Å²) >= 11 is 0. The molecule has 0 heterocycles. The number of amides is 1. The molecule has 1 amide bonds. The van der Waals surface area contributed by atoms with Gasteiger partial charge in [0.1, 0.15) is 13.2 Å². The van der Waals surface area contributed by atoms with Gasteiger partial charge >= 0.3 is 7.82 Å². The normalized spacial score (nSPS) is 14.9. The van der Waals surface area contributed by atoms with Gasteiger partial charge in [-0.1, -0.05) is 225 Å². The first-order valence-corrected chi connectivity index (χ1v) is 28.9. The van der Waals surface area contributed by atoms with E-state index < -0.39 is 20.0 Å². The van der Waals surface area contributed by atoms with E-state index in [0.29, 0.717) is 17.4 Å². The molecule has 3 unspecified atom stereocenters. The number of phosphoric ester groups is 1. The van der Waals surface area contributed by atoms with Gasteiger partial charge in [-0.05, 0) is 89.9 Å². The lowest BCUT2D eigenvalue weighted by Crippen LogP contribution is -2.45. The third kappa shape index (κ3) is 52.6. The first-order chi connectivity index (χ1) is 33.5. The molecule has 0 saturated carbocycles. The highest BCUT2D eigenvalue weighted by atomic mass is 31.2. The van der Waals surface area contributed by atoms with Crippen molar-refractivity contribution in [3.05, 3.63) is 122 Å². The summed E-state index contributed by atoms with van der Waals surface area (Å²) in [6.45, 7) is 4.66. The number of carbonyl (C=O) groups is 1. The van der Waals surface area contributed by atoms with Crippen LogP contribution in [0.15, 0.2) is 122 Å². The summed E-state index contributed by atoms with van der Waals surface area (Å²) in [5.74, 6) is -0.195. The molecule has 3 N–H and O–H groups in total. The van der Waals surface area contributed by atoms with Gasteiger partial charge < -0.3 is 19.8 Å². The Bertz CT molecular complexity index is 1530. The molecule has 0 aromatic heterocycles. The van der Waals surface area contributed by atoms with Crippen molar-refractivity contribution >= 4 is 13.7 Å². The van der Waals surface area contributed by atoms with Gasteiger partial charge in [-0.2, -0.15) is 0 Å². The first kappa shape index (κ1) is 65.9. The van der Waals surface area contributed by atoms with Crippen LogP contribution in [0.5, 0.6) is 0 Å². The van der Waals surface area contributed by atoms with E-state index in [2.05, 4.69) is 129 Å². The zero-order valence-corrected chi connectivity index (χ0v) is 45.6. The smallest absolute Gasteiger partial charge is 0.387 e. The second-order valence-corrected chi connectivity index (χ2v) is 20.7. The summed E-state index contributed by atoms with van der Waals surface area (Å²) in [5.41, 5.74) is 0. The molecule has 0 aliphatic rings. The number of phosphoric acid groups is 1. The summed E-state index contributed by atoms with van der Waals surface area (Å²) in [4.78, 5) is 23.2. The molecule has 9 heteroatoms. The average Bonchev–Trinajstić information content (AvgIpc) is 3.31. The summed E-state index contributed by atoms with van der Waals surface area (Å²) in [6, 6.07) is -0.860. The lowest BCUT2D eigenvalue weighted by atomic mass is 10.1. The van der Waals surface area contributed by atoms with E-state index in [-0.39, 0.29) is 19.1 Å². The van der Waals surface area contributed by atoms with E-state index in [1.165, 1.54) is 70.6 Å². The number of aliphatic hydroxyl groups excluding tert-OH is 1. The maximum atomic E-state index is 12.9. The molecule has 0 aromatic carbocycles. The molecule has 8 nitrogen and oxygen atoms in total. The predicted octanol–water partition coefficient (Wildman–Crippen LogP) is 16.6. The fourth-order valence-electron chi connectivity index (χ4n) is 7.15. The number of quaternary nitrogens is 1. The van der Waals surface area contributed by atoms with Gasteiger partial charge in [0.2, 0.25) is 5.91 Å². The molecular formula is C60H104N2O6P+. The Balaban J connectivity index is 4.19. The van der Waals surface area contributed by atoms with E-state index in [1.54, 1.807) is 6.08 Å². The number of nitrogens with zero attached hydrogens (tertiary/aromatic N) is 1. The van der Waals surface area contributed by atoms with Gasteiger partial charge in [0, 0.05) is 6.42 Å². The molecule has 0 spiro atoms. The molecule has 0 aliphatic heterocycles. The van der Waals surface area contributed by atoms with Crippen molar-refractivity contribution < 1.29 is 32.9 Å². The van der Waals surface area contributed by atoms with E-state index in [0.717, 1.165) is 109 Å². The number of rotatable bonds is 48. The van der Waals surface area contributed by atoms with Crippen LogP contribution in [-0.2, 0) is 18.4 Å². The van der Waals surface area contributed by atoms with Gasteiger partial charge in [-0.3, -0.25) is 13.8 Å². The van der Waals surface area contributed by atoms with Crippen molar-refractivity contribution in [1.29, 1.82) is 0 Å². The zero-order chi connectivity index (χ0) is 50.6. The third-order valence-electron chi connectivity index (χ3n) is 11.4. The minimum absolute atomic E-state index is 0.0528. The molecule has 3 atom stereocenters. The van der Waals surface area contributed by atoms with Crippen LogP contribution in [0.2, 0.25) is 0 Å². The first-order valence-electron chi connectivity index (χ1n) is 27.4. The topological polar surface area (TPSA) is 105 Å². The molecule has 0 aromatic rings. The van der Waals surface area contributed by atoms with Gasteiger partial charge in [-0.25, -0.2) is 4.57 Å². The number of hydrogen-bond donors (Lipinski definition) is 3. The summed E-state index contributed by atoms with van der Waals surface area (Å²) in [7, 11) is 1.54. The van der Waals surface area contributed by atoms with Gasteiger partial charge in [0.25, 0.3) is 0 Å². The van der Waals surface area contributed by atoms with E-state index in [1.807, 2.05) is 27.2 Å².